The summed E-state index contributed by atoms with van der Waals surface area (Å²) in [5.74, 6) is -0.268. The molecule has 3 nitrogen and oxygen atoms in total. The number of hydrogen-bond acceptors (Lipinski definition) is 2. The minimum atomic E-state index is -0.268. The third kappa shape index (κ3) is 3.65. The Kier molecular flexibility index (Phi) is 5.02. The first-order valence-electron chi connectivity index (χ1n) is 7.83. The highest BCUT2D eigenvalue weighted by atomic mass is 35.5. The normalized spacial score (nSPS) is 10.5. The summed E-state index contributed by atoms with van der Waals surface area (Å²) in [6.45, 7) is 4.04. The van der Waals surface area contributed by atoms with E-state index in [1.807, 2.05) is 56.3 Å². The molecule has 1 amide bonds. The van der Waals surface area contributed by atoms with Crippen LogP contribution in [0.2, 0.25) is 5.02 Å². The van der Waals surface area contributed by atoms with Crippen LogP contribution in [0.25, 0.3) is 10.8 Å². The number of amides is 1. The molecular formula is C20H17ClN2OS. The van der Waals surface area contributed by atoms with E-state index in [1.165, 1.54) is 0 Å². The fourth-order valence-corrected chi connectivity index (χ4v) is 3.12. The number of fused-ring (bicyclic) bond motifs is 1. The Morgan fingerprint density at radius 3 is 2.44 bits per heavy atom. The third-order valence-electron chi connectivity index (χ3n) is 4.19. The lowest BCUT2D eigenvalue weighted by Gasteiger charge is -2.14. The Labute approximate surface area is 157 Å². The molecule has 3 aromatic carbocycles. The highest BCUT2D eigenvalue weighted by molar-refractivity contribution is 7.80. The van der Waals surface area contributed by atoms with Gasteiger partial charge in [0.15, 0.2) is 5.11 Å². The van der Waals surface area contributed by atoms with Crippen molar-refractivity contribution in [2.24, 2.45) is 0 Å². The van der Waals surface area contributed by atoms with Crippen LogP contribution >= 0.6 is 23.8 Å². The first kappa shape index (κ1) is 17.4. The molecule has 5 heteroatoms. The number of nitrogens with one attached hydrogen (secondary N) is 2. The van der Waals surface area contributed by atoms with Crippen molar-refractivity contribution in [2.45, 2.75) is 13.8 Å². The van der Waals surface area contributed by atoms with Crippen molar-refractivity contribution in [1.82, 2.24) is 5.32 Å². The Morgan fingerprint density at radius 1 is 0.960 bits per heavy atom. The number of anilines is 1. The van der Waals surface area contributed by atoms with E-state index in [4.69, 9.17) is 23.8 Å². The lowest BCUT2D eigenvalue weighted by Crippen LogP contribution is -2.34. The van der Waals surface area contributed by atoms with Crippen LogP contribution in [-0.4, -0.2) is 11.0 Å². The molecule has 0 aliphatic rings. The maximum atomic E-state index is 12.6. The van der Waals surface area contributed by atoms with Gasteiger partial charge in [0.05, 0.1) is 0 Å². The van der Waals surface area contributed by atoms with E-state index in [0.717, 1.165) is 27.6 Å². The number of halogens is 1. The van der Waals surface area contributed by atoms with Gasteiger partial charge >= 0.3 is 0 Å². The molecule has 25 heavy (non-hydrogen) atoms. The molecule has 0 aromatic heterocycles. The van der Waals surface area contributed by atoms with Crippen LogP contribution in [0.1, 0.15) is 21.5 Å². The average molecular weight is 369 g/mol. The molecule has 3 rings (SSSR count). The third-order valence-corrected chi connectivity index (χ3v) is 4.73. The van der Waals surface area contributed by atoms with E-state index in [0.29, 0.717) is 10.6 Å². The van der Waals surface area contributed by atoms with Crippen LogP contribution in [0.5, 0.6) is 0 Å². The van der Waals surface area contributed by atoms with E-state index in [-0.39, 0.29) is 11.0 Å². The van der Waals surface area contributed by atoms with E-state index >= 15 is 0 Å². The largest absolute Gasteiger partial charge is 0.332 e. The zero-order valence-corrected chi connectivity index (χ0v) is 15.5. The Bertz CT molecular complexity index is 985. The van der Waals surface area contributed by atoms with Gasteiger partial charge in [-0.25, -0.2) is 0 Å². The summed E-state index contributed by atoms with van der Waals surface area (Å²) < 4.78 is 0. The second kappa shape index (κ2) is 7.21. The molecule has 0 spiro atoms. The second-order valence-electron chi connectivity index (χ2n) is 5.80. The highest BCUT2D eigenvalue weighted by Gasteiger charge is 2.13. The number of aryl methyl sites for hydroxylation is 1. The molecule has 0 heterocycles. The van der Waals surface area contributed by atoms with Gasteiger partial charge in [-0.1, -0.05) is 48.0 Å². The minimum Gasteiger partial charge on any atom is -0.332 e. The summed E-state index contributed by atoms with van der Waals surface area (Å²) in [5.41, 5.74) is 3.66. The lowest BCUT2D eigenvalue weighted by molar-refractivity contribution is 0.0979. The van der Waals surface area contributed by atoms with Crippen molar-refractivity contribution < 1.29 is 4.79 Å². The maximum absolute atomic E-state index is 12.6. The van der Waals surface area contributed by atoms with Crippen molar-refractivity contribution in [3.05, 3.63) is 76.3 Å². The summed E-state index contributed by atoms with van der Waals surface area (Å²) in [4.78, 5) is 12.6. The van der Waals surface area contributed by atoms with Crippen molar-refractivity contribution in [1.29, 1.82) is 0 Å². The van der Waals surface area contributed by atoms with Gasteiger partial charge in [0.25, 0.3) is 5.91 Å². The van der Waals surface area contributed by atoms with Gasteiger partial charge in [0.2, 0.25) is 0 Å². The number of benzene rings is 3. The highest BCUT2D eigenvalue weighted by Crippen LogP contribution is 2.26. The number of carbonyl (C=O) groups is 1. The van der Waals surface area contributed by atoms with Gasteiger partial charge in [-0.2, -0.15) is 0 Å². The summed E-state index contributed by atoms with van der Waals surface area (Å²) in [5, 5.41) is 8.33. The Morgan fingerprint density at radius 2 is 1.64 bits per heavy atom. The van der Waals surface area contributed by atoms with Gasteiger partial charge in [0.1, 0.15) is 0 Å². The Balaban J connectivity index is 1.82. The van der Waals surface area contributed by atoms with E-state index < -0.39 is 0 Å². The monoisotopic (exact) mass is 368 g/mol. The molecule has 0 saturated carbocycles. The SMILES string of the molecule is Cc1cccc(NC(=S)NC(=O)c2cccc3c(Cl)cccc23)c1C. The van der Waals surface area contributed by atoms with Crippen LogP contribution in [0, 0.1) is 13.8 Å². The summed E-state index contributed by atoms with van der Waals surface area (Å²) in [6, 6.07) is 16.9. The summed E-state index contributed by atoms with van der Waals surface area (Å²) >= 11 is 11.5. The van der Waals surface area contributed by atoms with Gasteiger partial charge in [-0.15, -0.1) is 0 Å². The van der Waals surface area contributed by atoms with Gasteiger partial charge in [-0.3, -0.25) is 10.1 Å². The van der Waals surface area contributed by atoms with Gasteiger partial charge in [0, 0.05) is 21.7 Å². The molecule has 0 fully saturated rings. The van der Waals surface area contributed by atoms with E-state index in [1.54, 1.807) is 12.1 Å². The van der Waals surface area contributed by atoms with Gasteiger partial charge in [-0.05, 0) is 60.8 Å². The Hall–Kier alpha value is -2.43. The average Bonchev–Trinajstić information content (AvgIpc) is 2.59. The molecule has 0 bridgehead atoms. The zero-order valence-electron chi connectivity index (χ0n) is 13.9. The quantitative estimate of drug-likeness (QED) is 0.608. The van der Waals surface area contributed by atoms with Crippen LogP contribution in [-0.2, 0) is 0 Å². The predicted octanol–water partition coefficient (Wildman–Crippen LogP) is 5.24. The lowest BCUT2D eigenvalue weighted by atomic mass is 10.0. The van der Waals surface area contributed by atoms with Gasteiger partial charge < -0.3 is 5.32 Å². The predicted molar refractivity (Wildman–Crippen MR) is 109 cm³/mol. The zero-order chi connectivity index (χ0) is 18.0. The van der Waals surface area contributed by atoms with Crippen molar-refractivity contribution >= 4 is 51.3 Å². The molecule has 0 saturated heterocycles. The number of carbonyl (C=O) groups excluding carboxylic acids is 1. The fourth-order valence-electron chi connectivity index (χ4n) is 2.68. The molecule has 0 aliphatic carbocycles. The standard InChI is InChI=1S/C20H17ClN2OS/c1-12-6-3-11-18(13(12)2)22-20(25)23-19(24)16-9-4-8-15-14(16)7-5-10-17(15)21/h3-11H,1-2H3,(H2,22,23,24,25). The molecule has 0 unspecified atom stereocenters. The van der Waals surface area contributed by atoms with E-state index in [9.17, 15) is 4.79 Å². The van der Waals surface area contributed by atoms with Crippen LogP contribution in [0.4, 0.5) is 5.69 Å². The molecule has 0 aliphatic heterocycles. The van der Waals surface area contributed by atoms with Crippen molar-refractivity contribution in [3.8, 4) is 0 Å². The number of rotatable bonds is 2. The molecule has 126 valence electrons. The minimum absolute atomic E-state index is 0.262. The van der Waals surface area contributed by atoms with E-state index in [2.05, 4.69) is 10.6 Å². The topological polar surface area (TPSA) is 41.1 Å². The van der Waals surface area contributed by atoms with Crippen LogP contribution < -0.4 is 10.6 Å². The molecular weight excluding hydrogens is 352 g/mol. The van der Waals surface area contributed by atoms with Crippen LogP contribution in [0.15, 0.2) is 54.6 Å². The molecule has 0 radical (unpaired) electrons. The number of hydrogen-bond donors (Lipinski definition) is 2. The molecule has 2 N–H and O–H groups in total. The van der Waals surface area contributed by atoms with Crippen molar-refractivity contribution in [2.75, 3.05) is 5.32 Å². The summed E-state index contributed by atoms with van der Waals surface area (Å²) in [7, 11) is 0. The second-order valence-corrected chi connectivity index (χ2v) is 6.61. The molecule has 0 atom stereocenters. The molecule has 3 aromatic rings. The first-order chi connectivity index (χ1) is 12.0. The fraction of sp³-hybridized carbons (Fsp3) is 0.100. The first-order valence-corrected chi connectivity index (χ1v) is 8.62. The van der Waals surface area contributed by atoms with Crippen molar-refractivity contribution in [3.63, 3.8) is 0 Å². The summed E-state index contributed by atoms with van der Waals surface area (Å²) in [6.07, 6.45) is 0. The number of thiocarbonyl (C=S) groups is 1. The van der Waals surface area contributed by atoms with Crippen LogP contribution in [0.3, 0.4) is 0 Å². The maximum Gasteiger partial charge on any atom is 0.258 e. The smallest absolute Gasteiger partial charge is 0.258 e.